The van der Waals surface area contributed by atoms with Crippen LogP contribution in [0.1, 0.15) is 23.7 Å². The van der Waals surface area contributed by atoms with E-state index in [0.29, 0.717) is 17.2 Å². The van der Waals surface area contributed by atoms with E-state index in [1.54, 1.807) is 6.07 Å². The fourth-order valence-corrected chi connectivity index (χ4v) is 2.09. The lowest BCUT2D eigenvalue weighted by molar-refractivity contribution is 0.627. The zero-order valence-corrected chi connectivity index (χ0v) is 11.3. The number of nitrogen functional groups attached to an aromatic ring is 1. The molecule has 1 aromatic carbocycles. The molecule has 2 aromatic rings. The van der Waals surface area contributed by atoms with Crippen molar-refractivity contribution >= 4 is 5.82 Å². The SMILES string of the molecule is CCc1c(C)nc(-c2cc(F)ccc2C)nc1NN. The van der Waals surface area contributed by atoms with Crippen LogP contribution in [-0.4, -0.2) is 9.97 Å². The van der Waals surface area contributed by atoms with Gasteiger partial charge in [-0.05, 0) is 38.0 Å². The molecule has 0 saturated heterocycles. The summed E-state index contributed by atoms with van der Waals surface area (Å²) in [5.74, 6) is 6.27. The highest BCUT2D eigenvalue weighted by atomic mass is 19.1. The lowest BCUT2D eigenvalue weighted by atomic mass is 10.1. The van der Waals surface area contributed by atoms with E-state index in [2.05, 4.69) is 15.4 Å². The number of nitrogens with one attached hydrogen (secondary N) is 1. The van der Waals surface area contributed by atoms with Crippen LogP contribution >= 0.6 is 0 Å². The molecule has 1 aromatic heterocycles. The van der Waals surface area contributed by atoms with Crippen LogP contribution in [0.2, 0.25) is 0 Å². The fraction of sp³-hybridized carbons (Fsp3) is 0.286. The molecule has 0 unspecified atom stereocenters. The van der Waals surface area contributed by atoms with Crippen LogP contribution in [0.4, 0.5) is 10.2 Å². The Morgan fingerprint density at radius 1 is 1.26 bits per heavy atom. The normalized spacial score (nSPS) is 10.6. The molecule has 0 amide bonds. The monoisotopic (exact) mass is 260 g/mol. The molecule has 3 N–H and O–H groups in total. The smallest absolute Gasteiger partial charge is 0.162 e. The van der Waals surface area contributed by atoms with Crippen molar-refractivity contribution in [3.05, 3.63) is 40.8 Å². The number of hydrogen-bond donors (Lipinski definition) is 2. The molecular weight excluding hydrogens is 243 g/mol. The van der Waals surface area contributed by atoms with Crippen LogP contribution in [0.3, 0.4) is 0 Å². The largest absolute Gasteiger partial charge is 0.308 e. The second-order valence-corrected chi connectivity index (χ2v) is 4.42. The molecule has 5 heteroatoms. The first kappa shape index (κ1) is 13.4. The van der Waals surface area contributed by atoms with E-state index in [4.69, 9.17) is 5.84 Å². The molecule has 100 valence electrons. The Morgan fingerprint density at radius 2 is 2.00 bits per heavy atom. The second kappa shape index (κ2) is 5.32. The summed E-state index contributed by atoms with van der Waals surface area (Å²) in [6, 6.07) is 4.58. The number of nitrogens with two attached hydrogens (primary N) is 1. The van der Waals surface area contributed by atoms with Crippen molar-refractivity contribution in [1.82, 2.24) is 9.97 Å². The van der Waals surface area contributed by atoms with Crippen molar-refractivity contribution in [3.8, 4) is 11.4 Å². The maximum absolute atomic E-state index is 13.4. The van der Waals surface area contributed by atoms with Gasteiger partial charge in [0.15, 0.2) is 5.82 Å². The van der Waals surface area contributed by atoms with Gasteiger partial charge in [-0.15, -0.1) is 0 Å². The Balaban J connectivity index is 2.63. The van der Waals surface area contributed by atoms with E-state index in [-0.39, 0.29) is 5.82 Å². The summed E-state index contributed by atoms with van der Waals surface area (Å²) < 4.78 is 13.4. The first-order chi connectivity index (χ1) is 9.06. The molecule has 0 bridgehead atoms. The number of hydrogen-bond acceptors (Lipinski definition) is 4. The Hall–Kier alpha value is -2.01. The Kier molecular flexibility index (Phi) is 3.76. The second-order valence-electron chi connectivity index (χ2n) is 4.42. The van der Waals surface area contributed by atoms with Gasteiger partial charge in [-0.3, -0.25) is 0 Å². The van der Waals surface area contributed by atoms with Gasteiger partial charge in [-0.1, -0.05) is 13.0 Å². The minimum atomic E-state index is -0.302. The van der Waals surface area contributed by atoms with Crippen molar-refractivity contribution < 1.29 is 4.39 Å². The van der Waals surface area contributed by atoms with Crippen LogP contribution in [0, 0.1) is 19.7 Å². The molecule has 0 saturated carbocycles. The van der Waals surface area contributed by atoms with Gasteiger partial charge in [0.25, 0.3) is 0 Å². The van der Waals surface area contributed by atoms with Crippen LogP contribution < -0.4 is 11.3 Å². The van der Waals surface area contributed by atoms with Gasteiger partial charge >= 0.3 is 0 Å². The number of rotatable bonds is 3. The zero-order valence-electron chi connectivity index (χ0n) is 11.3. The van der Waals surface area contributed by atoms with Crippen molar-refractivity contribution in [2.75, 3.05) is 5.43 Å². The predicted octanol–water partition coefficient (Wildman–Crippen LogP) is 2.75. The standard InChI is InChI=1S/C14H17FN4/c1-4-11-9(3)17-13(18-14(11)19-16)12-7-10(15)6-5-8(12)2/h5-7H,4,16H2,1-3H3,(H,17,18,19). The van der Waals surface area contributed by atoms with Crippen LogP contribution in [-0.2, 0) is 6.42 Å². The third-order valence-corrected chi connectivity index (χ3v) is 3.14. The Morgan fingerprint density at radius 3 is 2.63 bits per heavy atom. The summed E-state index contributed by atoms with van der Waals surface area (Å²) >= 11 is 0. The highest BCUT2D eigenvalue weighted by Crippen LogP contribution is 2.25. The Labute approximate surface area is 111 Å². The first-order valence-corrected chi connectivity index (χ1v) is 6.17. The van der Waals surface area contributed by atoms with E-state index >= 15 is 0 Å². The third-order valence-electron chi connectivity index (χ3n) is 3.14. The minimum absolute atomic E-state index is 0.302. The van der Waals surface area contributed by atoms with Crippen molar-refractivity contribution in [2.24, 2.45) is 5.84 Å². The van der Waals surface area contributed by atoms with Crippen LogP contribution in [0.5, 0.6) is 0 Å². The summed E-state index contributed by atoms with van der Waals surface area (Å²) in [5, 5.41) is 0. The van der Waals surface area contributed by atoms with E-state index in [1.807, 2.05) is 20.8 Å². The van der Waals surface area contributed by atoms with Gasteiger partial charge in [-0.2, -0.15) is 0 Å². The number of nitrogens with zero attached hydrogens (tertiary/aromatic N) is 2. The summed E-state index contributed by atoms with van der Waals surface area (Å²) in [4.78, 5) is 8.83. The number of halogens is 1. The molecule has 4 nitrogen and oxygen atoms in total. The topological polar surface area (TPSA) is 63.8 Å². The third kappa shape index (κ3) is 2.56. The van der Waals surface area contributed by atoms with E-state index in [9.17, 15) is 4.39 Å². The number of benzene rings is 1. The maximum atomic E-state index is 13.4. The first-order valence-electron chi connectivity index (χ1n) is 6.17. The van der Waals surface area contributed by atoms with Gasteiger partial charge in [0, 0.05) is 16.8 Å². The van der Waals surface area contributed by atoms with Crippen LogP contribution in [0.25, 0.3) is 11.4 Å². The zero-order chi connectivity index (χ0) is 14.0. The highest BCUT2D eigenvalue weighted by molar-refractivity contribution is 5.63. The molecule has 0 atom stereocenters. The summed E-state index contributed by atoms with van der Waals surface area (Å²) in [7, 11) is 0. The fourth-order valence-electron chi connectivity index (χ4n) is 2.09. The van der Waals surface area contributed by atoms with E-state index < -0.39 is 0 Å². The van der Waals surface area contributed by atoms with Crippen LogP contribution in [0.15, 0.2) is 18.2 Å². The highest BCUT2D eigenvalue weighted by Gasteiger charge is 2.12. The van der Waals surface area contributed by atoms with Gasteiger partial charge in [0.05, 0.1) is 0 Å². The van der Waals surface area contributed by atoms with Gasteiger partial charge in [0.1, 0.15) is 11.6 Å². The average Bonchev–Trinajstić information content (AvgIpc) is 2.40. The minimum Gasteiger partial charge on any atom is -0.308 e. The van der Waals surface area contributed by atoms with Crippen molar-refractivity contribution in [3.63, 3.8) is 0 Å². The lowest BCUT2D eigenvalue weighted by Crippen LogP contribution is -2.13. The predicted molar refractivity (Wildman–Crippen MR) is 74.1 cm³/mol. The summed E-state index contributed by atoms with van der Waals surface area (Å²) in [6.07, 6.45) is 0.785. The molecule has 0 aliphatic heterocycles. The molecule has 2 rings (SSSR count). The molecule has 1 heterocycles. The van der Waals surface area contributed by atoms with E-state index in [1.165, 1.54) is 12.1 Å². The van der Waals surface area contributed by atoms with Gasteiger partial charge < -0.3 is 5.43 Å². The molecule has 0 spiro atoms. The molecule has 0 aliphatic carbocycles. The Bertz CT molecular complexity index is 611. The van der Waals surface area contributed by atoms with E-state index in [0.717, 1.165) is 23.2 Å². The molecule has 0 aliphatic rings. The summed E-state index contributed by atoms with van der Waals surface area (Å²) in [5.41, 5.74) is 6.02. The quantitative estimate of drug-likeness (QED) is 0.658. The number of aromatic nitrogens is 2. The number of aryl methyl sites for hydroxylation is 2. The summed E-state index contributed by atoms with van der Waals surface area (Å²) in [6.45, 7) is 5.82. The maximum Gasteiger partial charge on any atom is 0.162 e. The number of hydrazine groups is 1. The average molecular weight is 260 g/mol. The van der Waals surface area contributed by atoms with Crippen molar-refractivity contribution in [1.29, 1.82) is 0 Å². The lowest BCUT2D eigenvalue weighted by Gasteiger charge is -2.12. The molecular formula is C14H17FN4. The number of anilines is 1. The van der Waals surface area contributed by atoms with Gasteiger partial charge in [-0.25, -0.2) is 20.2 Å². The molecule has 0 radical (unpaired) electrons. The molecule has 19 heavy (non-hydrogen) atoms. The van der Waals surface area contributed by atoms with Gasteiger partial charge in [0.2, 0.25) is 0 Å². The molecule has 0 fully saturated rings. The van der Waals surface area contributed by atoms with Crippen molar-refractivity contribution in [2.45, 2.75) is 27.2 Å².